The normalized spacial score (nSPS) is 17.4. The highest BCUT2D eigenvalue weighted by Gasteiger charge is 2.48. The molecule has 2 heterocycles. The van der Waals surface area contributed by atoms with Crippen molar-refractivity contribution >= 4 is 44.1 Å². The molecule has 7 nitrogen and oxygen atoms in total. The van der Waals surface area contributed by atoms with Crippen molar-refractivity contribution in [2.75, 3.05) is 19.1 Å². The van der Waals surface area contributed by atoms with E-state index in [1.54, 1.807) is 50.6 Å². The minimum absolute atomic E-state index is 0.0122. The van der Waals surface area contributed by atoms with Gasteiger partial charge in [-0.05, 0) is 48.0 Å². The molecule has 1 aromatic heterocycles. The lowest BCUT2D eigenvalue weighted by atomic mass is 9.95. The average molecular weight is 473 g/mol. The zero-order valence-corrected chi connectivity index (χ0v) is 19.2. The summed E-state index contributed by atoms with van der Waals surface area (Å²) >= 11 is 1.28. The van der Waals surface area contributed by atoms with E-state index in [1.165, 1.54) is 16.2 Å². The first kappa shape index (κ1) is 21.7. The summed E-state index contributed by atoms with van der Waals surface area (Å²) in [6.07, 6.45) is 0. The van der Waals surface area contributed by atoms with E-state index < -0.39 is 17.7 Å². The molecule has 1 amide bonds. The molecule has 8 heteroatoms. The van der Waals surface area contributed by atoms with Crippen molar-refractivity contribution in [3.05, 3.63) is 89.5 Å². The van der Waals surface area contributed by atoms with Gasteiger partial charge in [-0.2, -0.15) is 0 Å². The minimum atomic E-state index is -0.828. The zero-order chi connectivity index (χ0) is 23.8. The highest BCUT2D eigenvalue weighted by atomic mass is 32.1. The van der Waals surface area contributed by atoms with E-state index in [2.05, 4.69) is 4.98 Å². The number of methoxy groups -OCH3 is 2. The SMILES string of the molecule is COc1ccc(C(O)=C2C(=O)C(=O)N(c3nc4ccc(OC)cc4s3)[C@H]2c2ccccc2)cc1. The Kier molecular flexibility index (Phi) is 5.51. The first-order chi connectivity index (χ1) is 16.5. The summed E-state index contributed by atoms with van der Waals surface area (Å²) in [5.41, 5.74) is 1.80. The molecule has 0 aliphatic carbocycles. The summed E-state index contributed by atoms with van der Waals surface area (Å²) in [7, 11) is 3.12. The number of carbonyl (C=O) groups excluding carboxylic acids is 2. The molecule has 1 atom stereocenters. The van der Waals surface area contributed by atoms with Crippen LogP contribution in [0.25, 0.3) is 16.0 Å². The highest BCUT2D eigenvalue weighted by molar-refractivity contribution is 7.22. The van der Waals surface area contributed by atoms with Gasteiger partial charge in [-0.15, -0.1) is 0 Å². The lowest BCUT2D eigenvalue weighted by molar-refractivity contribution is -0.132. The third-order valence-corrected chi connectivity index (χ3v) is 6.73. The van der Waals surface area contributed by atoms with E-state index in [9.17, 15) is 14.7 Å². The van der Waals surface area contributed by atoms with Crippen LogP contribution in [0.4, 0.5) is 5.13 Å². The molecule has 1 fully saturated rings. The lowest BCUT2D eigenvalue weighted by Crippen LogP contribution is -2.29. The smallest absolute Gasteiger partial charge is 0.301 e. The van der Waals surface area contributed by atoms with Crippen LogP contribution in [0.15, 0.2) is 78.4 Å². The predicted molar refractivity (Wildman–Crippen MR) is 130 cm³/mol. The van der Waals surface area contributed by atoms with E-state index in [0.29, 0.717) is 33.3 Å². The molecule has 0 spiro atoms. The van der Waals surface area contributed by atoms with Gasteiger partial charge in [0.15, 0.2) is 5.13 Å². The van der Waals surface area contributed by atoms with Crippen LogP contribution in [0.1, 0.15) is 17.2 Å². The molecule has 170 valence electrons. The fourth-order valence-corrected chi connectivity index (χ4v) is 5.03. The molecule has 0 radical (unpaired) electrons. The molecular formula is C26H20N2O5S. The van der Waals surface area contributed by atoms with Gasteiger partial charge in [0.2, 0.25) is 0 Å². The number of ketones is 1. The fourth-order valence-electron chi connectivity index (χ4n) is 4.01. The molecule has 1 aliphatic heterocycles. The van der Waals surface area contributed by atoms with E-state index >= 15 is 0 Å². The average Bonchev–Trinajstić information content (AvgIpc) is 3.41. The Hall–Kier alpha value is -4.17. The first-order valence-corrected chi connectivity index (χ1v) is 11.3. The van der Waals surface area contributed by atoms with E-state index in [-0.39, 0.29) is 11.3 Å². The van der Waals surface area contributed by atoms with Gasteiger partial charge in [-0.1, -0.05) is 41.7 Å². The van der Waals surface area contributed by atoms with Gasteiger partial charge in [0.1, 0.15) is 17.3 Å². The largest absolute Gasteiger partial charge is 0.507 e. The van der Waals surface area contributed by atoms with Gasteiger partial charge in [-0.3, -0.25) is 14.5 Å². The quantitative estimate of drug-likeness (QED) is 0.251. The summed E-state index contributed by atoms with van der Waals surface area (Å²) < 4.78 is 11.3. The molecular weight excluding hydrogens is 452 g/mol. The molecule has 0 saturated carbocycles. The number of ether oxygens (including phenoxy) is 2. The highest BCUT2D eigenvalue weighted by Crippen LogP contribution is 2.44. The van der Waals surface area contributed by atoms with Crippen LogP contribution in [-0.2, 0) is 9.59 Å². The number of fused-ring (bicyclic) bond motifs is 1. The number of aliphatic hydroxyl groups is 1. The first-order valence-electron chi connectivity index (χ1n) is 10.5. The second-order valence-electron chi connectivity index (χ2n) is 7.64. The summed E-state index contributed by atoms with van der Waals surface area (Å²) in [4.78, 5) is 32.5. The van der Waals surface area contributed by atoms with Crippen LogP contribution in [0.3, 0.4) is 0 Å². The second-order valence-corrected chi connectivity index (χ2v) is 8.65. The van der Waals surface area contributed by atoms with Crippen molar-refractivity contribution in [2.24, 2.45) is 0 Å². The number of aromatic nitrogens is 1. The Bertz CT molecular complexity index is 1430. The maximum atomic E-state index is 13.3. The third kappa shape index (κ3) is 3.58. The minimum Gasteiger partial charge on any atom is -0.507 e. The van der Waals surface area contributed by atoms with Crippen LogP contribution in [0.5, 0.6) is 11.5 Å². The molecule has 34 heavy (non-hydrogen) atoms. The van der Waals surface area contributed by atoms with Gasteiger partial charge in [0, 0.05) is 5.56 Å². The molecule has 5 rings (SSSR count). The van der Waals surface area contributed by atoms with Gasteiger partial charge in [-0.25, -0.2) is 4.98 Å². The standard InChI is InChI=1S/C26H20N2O5S/c1-32-17-10-8-16(9-11-17)23(29)21-22(15-6-4-3-5-7-15)28(25(31)24(21)30)26-27-19-13-12-18(33-2)14-20(19)34-26/h3-14,22,29H,1-2H3/t22-/m0/s1. The van der Waals surface area contributed by atoms with Crippen LogP contribution in [0, 0.1) is 0 Å². The summed E-state index contributed by atoms with van der Waals surface area (Å²) in [5.74, 6) is -0.473. The Labute approximate surface area is 199 Å². The van der Waals surface area contributed by atoms with Gasteiger partial charge < -0.3 is 14.6 Å². The number of carbonyl (C=O) groups is 2. The fraction of sp³-hybridized carbons (Fsp3) is 0.115. The number of amides is 1. The monoisotopic (exact) mass is 472 g/mol. The van der Waals surface area contributed by atoms with Crippen LogP contribution >= 0.6 is 11.3 Å². The molecule has 1 N–H and O–H groups in total. The van der Waals surface area contributed by atoms with Crippen molar-refractivity contribution in [1.82, 2.24) is 4.98 Å². The van der Waals surface area contributed by atoms with Crippen molar-refractivity contribution in [3.8, 4) is 11.5 Å². The zero-order valence-electron chi connectivity index (χ0n) is 18.4. The summed E-state index contributed by atoms with van der Waals surface area (Å²) in [6.45, 7) is 0. The molecule has 1 aliphatic rings. The molecule has 4 aromatic rings. The Morgan fingerprint density at radius 3 is 2.29 bits per heavy atom. The summed E-state index contributed by atoms with van der Waals surface area (Å²) in [6, 6.07) is 20.4. The van der Waals surface area contributed by atoms with E-state index in [0.717, 1.165) is 4.70 Å². The van der Waals surface area contributed by atoms with Gasteiger partial charge in [0.25, 0.3) is 5.78 Å². The molecule has 3 aromatic carbocycles. The number of nitrogens with zero attached hydrogens (tertiary/aromatic N) is 2. The molecule has 0 bridgehead atoms. The van der Waals surface area contributed by atoms with Crippen molar-refractivity contribution < 1.29 is 24.2 Å². The number of benzene rings is 3. The van der Waals surface area contributed by atoms with Crippen LogP contribution < -0.4 is 14.4 Å². The van der Waals surface area contributed by atoms with Crippen LogP contribution in [0.2, 0.25) is 0 Å². The van der Waals surface area contributed by atoms with Crippen LogP contribution in [-0.4, -0.2) is 36.0 Å². The lowest BCUT2D eigenvalue weighted by Gasteiger charge is -2.22. The number of anilines is 1. The van der Waals surface area contributed by atoms with Crippen molar-refractivity contribution in [3.63, 3.8) is 0 Å². The Balaban J connectivity index is 1.69. The summed E-state index contributed by atoms with van der Waals surface area (Å²) in [5, 5.41) is 11.6. The number of rotatable bonds is 5. The maximum Gasteiger partial charge on any atom is 0.301 e. The number of hydrogen-bond donors (Lipinski definition) is 1. The van der Waals surface area contributed by atoms with Gasteiger partial charge in [0.05, 0.1) is 36.1 Å². The Morgan fingerprint density at radius 2 is 1.62 bits per heavy atom. The molecule has 0 unspecified atom stereocenters. The van der Waals surface area contributed by atoms with E-state index in [4.69, 9.17) is 9.47 Å². The predicted octanol–water partition coefficient (Wildman–Crippen LogP) is 4.94. The topological polar surface area (TPSA) is 89.0 Å². The second kappa shape index (κ2) is 8.64. The third-order valence-electron chi connectivity index (χ3n) is 5.71. The molecule has 1 saturated heterocycles. The maximum absolute atomic E-state index is 13.3. The number of aliphatic hydroxyl groups excluding tert-OH is 1. The van der Waals surface area contributed by atoms with Crippen molar-refractivity contribution in [2.45, 2.75) is 6.04 Å². The van der Waals surface area contributed by atoms with Gasteiger partial charge >= 0.3 is 5.91 Å². The number of Topliss-reactive ketones (excluding diaryl/α,β-unsaturated/α-hetero) is 1. The van der Waals surface area contributed by atoms with Crippen molar-refractivity contribution in [1.29, 1.82) is 0 Å². The van der Waals surface area contributed by atoms with E-state index in [1.807, 2.05) is 36.4 Å². The number of hydrogen-bond acceptors (Lipinski definition) is 7. The Morgan fingerprint density at radius 1 is 0.941 bits per heavy atom. The number of thiazole rings is 1.